The Hall–Kier alpha value is -0.830. The molecule has 0 radical (unpaired) electrons. The molecule has 2 aliphatic carbocycles. The first-order chi connectivity index (χ1) is 7.25. The second-order valence-electron chi connectivity index (χ2n) is 4.74. The maximum Gasteiger partial charge on any atom is 0.220 e. The zero-order valence-electron chi connectivity index (χ0n) is 9.11. The van der Waals surface area contributed by atoms with Crippen molar-refractivity contribution in [1.82, 2.24) is 5.32 Å². The average Bonchev–Trinajstić information content (AvgIpc) is 2.79. The highest BCUT2D eigenvalue weighted by Gasteiger charge is 2.25. The standard InChI is InChI=1S/C12H20N2O/c13-10-6-3-7-11(10)14-12(15)8-9-4-1-2-5-9/h1,4,9-11H,2-3,5-8,13H2,(H,14,15). The number of allylic oxidation sites excluding steroid dienone is 2. The van der Waals surface area contributed by atoms with Crippen LogP contribution < -0.4 is 11.1 Å². The normalized spacial score (nSPS) is 34.6. The van der Waals surface area contributed by atoms with Crippen molar-refractivity contribution in [3.8, 4) is 0 Å². The molecule has 0 saturated heterocycles. The maximum absolute atomic E-state index is 11.7. The van der Waals surface area contributed by atoms with E-state index in [-0.39, 0.29) is 18.0 Å². The SMILES string of the molecule is NC1CCCC1NC(=O)CC1C=CCC1. The molecule has 1 saturated carbocycles. The summed E-state index contributed by atoms with van der Waals surface area (Å²) in [7, 11) is 0. The number of nitrogens with two attached hydrogens (primary N) is 1. The fourth-order valence-corrected chi connectivity index (χ4v) is 2.54. The van der Waals surface area contributed by atoms with Gasteiger partial charge in [-0.05, 0) is 38.0 Å². The van der Waals surface area contributed by atoms with E-state index in [0.29, 0.717) is 12.3 Å². The van der Waals surface area contributed by atoms with Crippen LogP contribution in [0.5, 0.6) is 0 Å². The number of carbonyl (C=O) groups excluding carboxylic acids is 1. The van der Waals surface area contributed by atoms with Gasteiger partial charge in [-0.2, -0.15) is 0 Å². The number of rotatable bonds is 3. The summed E-state index contributed by atoms with van der Waals surface area (Å²) in [5.41, 5.74) is 5.91. The van der Waals surface area contributed by atoms with Crippen molar-refractivity contribution in [1.29, 1.82) is 0 Å². The number of carbonyl (C=O) groups is 1. The van der Waals surface area contributed by atoms with E-state index in [9.17, 15) is 4.79 Å². The fraction of sp³-hybridized carbons (Fsp3) is 0.750. The van der Waals surface area contributed by atoms with Gasteiger partial charge in [0.05, 0.1) is 0 Å². The Kier molecular flexibility index (Phi) is 3.41. The molecule has 3 atom stereocenters. The van der Waals surface area contributed by atoms with Gasteiger partial charge < -0.3 is 11.1 Å². The highest BCUT2D eigenvalue weighted by molar-refractivity contribution is 5.76. The van der Waals surface area contributed by atoms with Gasteiger partial charge in [-0.3, -0.25) is 4.79 Å². The monoisotopic (exact) mass is 208 g/mol. The molecule has 0 bridgehead atoms. The van der Waals surface area contributed by atoms with Crippen LogP contribution in [0, 0.1) is 5.92 Å². The van der Waals surface area contributed by atoms with Crippen LogP contribution >= 0.6 is 0 Å². The molecule has 3 nitrogen and oxygen atoms in total. The molecule has 1 amide bonds. The van der Waals surface area contributed by atoms with Crippen molar-refractivity contribution in [2.45, 2.75) is 50.6 Å². The van der Waals surface area contributed by atoms with Crippen LogP contribution in [0.15, 0.2) is 12.2 Å². The Balaban J connectivity index is 1.74. The number of amides is 1. The van der Waals surface area contributed by atoms with Crippen LogP contribution in [0.4, 0.5) is 0 Å². The molecule has 3 N–H and O–H groups in total. The Morgan fingerprint density at radius 3 is 2.87 bits per heavy atom. The number of nitrogens with one attached hydrogen (secondary N) is 1. The molecule has 3 heteroatoms. The Morgan fingerprint density at radius 1 is 1.40 bits per heavy atom. The summed E-state index contributed by atoms with van der Waals surface area (Å²) in [6.07, 6.45) is 10.5. The smallest absolute Gasteiger partial charge is 0.220 e. The van der Waals surface area contributed by atoms with Crippen molar-refractivity contribution < 1.29 is 4.79 Å². The zero-order valence-corrected chi connectivity index (χ0v) is 9.11. The van der Waals surface area contributed by atoms with E-state index >= 15 is 0 Å². The summed E-state index contributed by atoms with van der Waals surface area (Å²) in [6, 6.07) is 0.399. The summed E-state index contributed by atoms with van der Waals surface area (Å²) in [4.78, 5) is 11.7. The molecular weight excluding hydrogens is 188 g/mol. The van der Waals surface area contributed by atoms with Crippen molar-refractivity contribution in [2.24, 2.45) is 11.7 Å². The zero-order chi connectivity index (χ0) is 10.7. The fourth-order valence-electron chi connectivity index (χ4n) is 2.54. The summed E-state index contributed by atoms with van der Waals surface area (Å²) >= 11 is 0. The van der Waals surface area contributed by atoms with Gasteiger partial charge >= 0.3 is 0 Å². The number of hydrogen-bond acceptors (Lipinski definition) is 2. The van der Waals surface area contributed by atoms with Crippen LogP contribution in [0.2, 0.25) is 0 Å². The largest absolute Gasteiger partial charge is 0.352 e. The van der Waals surface area contributed by atoms with Gasteiger partial charge in [0.25, 0.3) is 0 Å². The van der Waals surface area contributed by atoms with E-state index in [1.807, 2.05) is 0 Å². The van der Waals surface area contributed by atoms with E-state index in [1.54, 1.807) is 0 Å². The molecule has 1 fully saturated rings. The highest BCUT2D eigenvalue weighted by atomic mass is 16.1. The first-order valence-corrected chi connectivity index (χ1v) is 5.97. The molecule has 0 spiro atoms. The predicted octanol–water partition coefficient (Wildman–Crippen LogP) is 1.34. The molecule has 0 aromatic rings. The van der Waals surface area contributed by atoms with E-state index in [2.05, 4.69) is 17.5 Å². The first kappa shape index (κ1) is 10.7. The summed E-state index contributed by atoms with van der Waals surface area (Å²) in [5, 5.41) is 3.06. The van der Waals surface area contributed by atoms with Gasteiger partial charge in [0.2, 0.25) is 5.91 Å². The van der Waals surface area contributed by atoms with Crippen LogP contribution in [-0.2, 0) is 4.79 Å². The van der Waals surface area contributed by atoms with Crippen molar-refractivity contribution in [3.05, 3.63) is 12.2 Å². The molecule has 2 aliphatic rings. The Bertz CT molecular complexity index is 262. The minimum Gasteiger partial charge on any atom is -0.352 e. The van der Waals surface area contributed by atoms with Crippen molar-refractivity contribution >= 4 is 5.91 Å². The maximum atomic E-state index is 11.7. The third-order valence-electron chi connectivity index (χ3n) is 3.48. The topological polar surface area (TPSA) is 55.1 Å². The summed E-state index contributed by atoms with van der Waals surface area (Å²) < 4.78 is 0. The molecular formula is C12H20N2O. The molecule has 3 unspecified atom stereocenters. The van der Waals surface area contributed by atoms with E-state index in [0.717, 1.165) is 32.1 Å². The van der Waals surface area contributed by atoms with Crippen LogP contribution in [-0.4, -0.2) is 18.0 Å². The van der Waals surface area contributed by atoms with Gasteiger partial charge in [-0.25, -0.2) is 0 Å². The molecule has 0 heterocycles. The van der Waals surface area contributed by atoms with Gasteiger partial charge in [-0.15, -0.1) is 0 Å². The summed E-state index contributed by atoms with van der Waals surface area (Å²) in [6.45, 7) is 0. The number of hydrogen-bond donors (Lipinski definition) is 2. The Labute approximate surface area is 91.1 Å². The van der Waals surface area contributed by atoms with E-state index in [1.165, 1.54) is 0 Å². The third kappa shape index (κ3) is 2.81. The molecule has 0 aromatic carbocycles. The lowest BCUT2D eigenvalue weighted by Crippen LogP contribution is -2.44. The van der Waals surface area contributed by atoms with Crippen LogP contribution in [0.25, 0.3) is 0 Å². The van der Waals surface area contributed by atoms with Gasteiger partial charge in [-0.1, -0.05) is 12.2 Å². The van der Waals surface area contributed by atoms with Gasteiger partial charge in [0.1, 0.15) is 0 Å². The second-order valence-corrected chi connectivity index (χ2v) is 4.74. The highest BCUT2D eigenvalue weighted by Crippen LogP contribution is 2.21. The van der Waals surface area contributed by atoms with Crippen LogP contribution in [0.3, 0.4) is 0 Å². The van der Waals surface area contributed by atoms with Crippen molar-refractivity contribution in [2.75, 3.05) is 0 Å². The van der Waals surface area contributed by atoms with Gasteiger partial charge in [0, 0.05) is 18.5 Å². The quantitative estimate of drug-likeness (QED) is 0.688. The predicted molar refractivity (Wildman–Crippen MR) is 60.2 cm³/mol. The molecule has 0 aromatic heterocycles. The molecule has 84 valence electrons. The third-order valence-corrected chi connectivity index (χ3v) is 3.48. The lowest BCUT2D eigenvalue weighted by atomic mass is 10.0. The molecule has 2 rings (SSSR count). The van der Waals surface area contributed by atoms with E-state index < -0.39 is 0 Å². The molecule has 0 aliphatic heterocycles. The minimum atomic E-state index is 0.174. The van der Waals surface area contributed by atoms with Crippen molar-refractivity contribution in [3.63, 3.8) is 0 Å². The van der Waals surface area contributed by atoms with Gasteiger partial charge in [0.15, 0.2) is 0 Å². The summed E-state index contributed by atoms with van der Waals surface area (Å²) in [5.74, 6) is 0.636. The lowest BCUT2D eigenvalue weighted by Gasteiger charge is -2.18. The Morgan fingerprint density at radius 2 is 2.27 bits per heavy atom. The first-order valence-electron chi connectivity index (χ1n) is 5.97. The minimum absolute atomic E-state index is 0.174. The average molecular weight is 208 g/mol. The molecule has 15 heavy (non-hydrogen) atoms. The van der Waals surface area contributed by atoms with E-state index in [4.69, 9.17) is 5.73 Å². The van der Waals surface area contributed by atoms with Crippen LogP contribution in [0.1, 0.15) is 38.5 Å². The second kappa shape index (κ2) is 4.79. The lowest BCUT2D eigenvalue weighted by molar-refractivity contribution is -0.122.